The van der Waals surface area contributed by atoms with E-state index in [9.17, 15) is 22.8 Å². The largest absolute Gasteiger partial charge is 0.416 e. The Morgan fingerprint density at radius 3 is 2.53 bits per heavy atom. The van der Waals surface area contributed by atoms with E-state index >= 15 is 0 Å². The lowest BCUT2D eigenvalue weighted by atomic mass is 10.1. The van der Waals surface area contributed by atoms with Crippen LogP contribution in [0.4, 0.5) is 18.9 Å². The van der Waals surface area contributed by atoms with Gasteiger partial charge in [0.1, 0.15) is 6.33 Å². The Morgan fingerprint density at radius 2 is 1.91 bits per heavy atom. The molecule has 0 spiro atoms. The number of amides is 2. The summed E-state index contributed by atoms with van der Waals surface area (Å²) in [6.45, 7) is 0.215. The Morgan fingerprint density at radius 1 is 1.18 bits per heavy atom. The average molecular weight is 490 g/mol. The summed E-state index contributed by atoms with van der Waals surface area (Å²) < 4.78 is 40.2. The van der Waals surface area contributed by atoms with E-state index in [0.717, 1.165) is 25.0 Å². The van der Waals surface area contributed by atoms with E-state index in [-0.39, 0.29) is 30.2 Å². The summed E-state index contributed by atoms with van der Waals surface area (Å²) in [6, 6.07) is 11.6. The van der Waals surface area contributed by atoms with Crippen LogP contribution in [0, 0.1) is 0 Å². The molecule has 1 aliphatic rings. The van der Waals surface area contributed by atoms with E-state index in [1.54, 1.807) is 47.1 Å². The van der Waals surface area contributed by atoms with Crippen LogP contribution in [0.5, 0.6) is 0 Å². The molecule has 3 aromatic rings. The average Bonchev–Trinajstić information content (AvgIpc) is 3.56. The Kier molecular flexibility index (Phi) is 6.92. The molecule has 0 unspecified atom stereocenters. The first kappa shape index (κ1) is 23.8. The van der Waals surface area contributed by atoms with Gasteiger partial charge in [0.05, 0.1) is 11.3 Å². The Bertz CT molecular complexity index is 1180. The first-order valence-electron chi connectivity index (χ1n) is 10.5. The third-order valence-corrected chi connectivity index (χ3v) is 6.31. The molecule has 7 nitrogen and oxygen atoms in total. The number of halogens is 3. The number of aromatic nitrogens is 3. The number of carbonyl (C=O) groups is 2. The van der Waals surface area contributed by atoms with Crippen molar-refractivity contribution < 1.29 is 22.8 Å². The van der Waals surface area contributed by atoms with Crippen LogP contribution in [-0.2, 0) is 24.6 Å². The summed E-state index contributed by atoms with van der Waals surface area (Å²) in [6.07, 6.45) is -1.15. The van der Waals surface area contributed by atoms with Crippen LogP contribution >= 0.6 is 11.8 Å². The summed E-state index contributed by atoms with van der Waals surface area (Å²) in [5, 5.41) is 11.1. The summed E-state index contributed by atoms with van der Waals surface area (Å²) in [4.78, 5) is 27.2. The standard InChI is InChI=1S/C23H22F3N5O2S/c1-30-14-27-29-22(30)34-13-20(32)28-18-4-2-3-16(11-18)21(33)31(19-9-10-19)12-15-5-7-17(8-6-15)23(24,25)26/h2-8,11,14,19H,9-10,12-13H2,1H3,(H,28,32). The van der Waals surface area contributed by atoms with Gasteiger partial charge in [-0.15, -0.1) is 10.2 Å². The summed E-state index contributed by atoms with van der Waals surface area (Å²) in [5.74, 6) is -0.347. The maximum Gasteiger partial charge on any atom is 0.416 e. The number of benzene rings is 2. The summed E-state index contributed by atoms with van der Waals surface area (Å²) in [5.41, 5.74) is 0.789. The van der Waals surface area contributed by atoms with Crippen molar-refractivity contribution in [3.05, 3.63) is 71.5 Å². The van der Waals surface area contributed by atoms with Gasteiger partial charge in [-0.25, -0.2) is 0 Å². The second-order valence-electron chi connectivity index (χ2n) is 8.00. The summed E-state index contributed by atoms with van der Waals surface area (Å²) in [7, 11) is 1.78. The first-order chi connectivity index (χ1) is 16.2. The molecule has 2 aromatic carbocycles. The summed E-state index contributed by atoms with van der Waals surface area (Å²) >= 11 is 1.24. The molecule has 11 heteroatoms. The zero-order valence-electron chi connectivity index (χ0n) is 18.2. The maximum absolute atomic E-state index is 13.2. The van der Waals surface area contributed by atoms with Gasteiger partial charge in [-0.3, -0.25) is 9.59 Å². The van der Waals surface area contributed by atoms with Gasteiger partial charge in [-0.1, -0.05) is 30.0 Å². The lowest BCUT2D eigenvalue weighted by molar-refractivity contribution is -0.137. The third-order valence-electron chi connectivity index (χ3n) is 5.28. The molecule has 1 aliphatic carbocycles. The molecule has 4 rings (SSSR count). The number of anilines is 1. The Labute approximate surface area is 198 Å². The van der Waals surface area contributed by atoms with Crippen LogP contribution in [-0.4, -0.2) is 43.3 Å². The van der Waals surface area contributed by atoms with Gasteiger partial charge in [0.25, 0.3) is 5.91 Å². The van der Waals surface area contributed by atoms with E-state index in [2.05, 4.69) is 15.5 Å². The fourth-order valence-corrected chi connectivity index (χ4v) is 4.06. The van der Waals surface area contributed by atoms with E-state index in [0.29, 0.717) is 22.0 Å². The van der Waals surface area contributed by atoms with Gasteiger partial charge in [0, 0.05) is 30.9 Å². The molecule has 1 N–H and O–H groups in total. The van der Waals surface area contributed by atoms with E-state index < -0.39 is 11.7 Å². The zero-order valence-corrected chi connectivity index (χ0v) is 19.1. The Hall–Kier alpha value is -3.34. The van der Waals surface area contributed by atoms with Gasteiger partial charge in [0.2, 0.25) is 5.91 Å². The number of nitrogens with zero attached hydrogens (tertiary/aromatic N) is 4. The highest BCUT2D eigenvalue weighted by atomic mass is 32.2. The van der Waals surface area contributed by atoms with Gasteiger partial charge < -0.3 is 14.8 Å². The van der Waals surface area contributed by atoms with E-state index in [4.69, 9.17) is 0 Å². The first-order valence-corrected chi connectivity index (χ1v) is 11.5. The molecule has 0 aliphatic heterocycles. The van der Waals surface area contributed by atoms with Crippen molar-refractivity contribution in [3.63, 3.8) is 0 Å². The SMILES string of the molecule is Cn1cnnc1SCC(=O)Nc1cccc(C(=O)N(Cc2ccc(C(F)(F)F)cc2)C2CC2)c1. The van der Waals surface area contributed by atoms with Crippen molar-refractivity contribution in [2.75, 3.05) is 11.1 Å². The monoisotopic (exact) mass is 489 g/mol. The lowest BCUT2D eigenvalue weighted by Gasteiger charge is -2.23. The highest BCUT2D eigenvalue weighted by molar-refractivity contribution is 7.99. The molecular weight excluding hydrogens is 467 g/mol. The third kappa shape index (κ3) is 5.96. The van der Waals surface area contributed by atoms with Crippen molar-refractivity contribution in [3.8, 4) is 0 Å². The van der Waals surface area contributed by atoms with Crippen LogP contribution in [0.25, 0.3) is 0 Å². The minimum atomic E-state index is -4.40. The number of aryl methyl sites for hydroxylation is 1. The molecule has 34 heavy (non-hydrogen) atoms. The molecule has 1 saturated carbocycles. The highest BCUT2D eigenvalue weighted by Gasteiger charge is 2.34. The maximum atomic E-state index is 13.2. The Balaban J connectivity index is 1.41. The van der Waals surface area contributed by atoms with Crippen molar-refractivity contribution in [1.82, 2.24) is 19.7 Å². The molecule has 1 aromatic heterocycles. The molecule has 0 radical (unpaired) electrons. The number of nitrogens with one attached hydrogen (secondary N) is 1. The van der Waals surface area contributed by atoms with Crippen molar-refractivity contribution in [2.24, 2.45) is 7.05 Å². The number of thioether (sulfide) groups is 1. The van der Waals surface area contributed by atoms with Crippen molar-refractivity contribution in [1.29, 1.82) is 0 Å². The number of hydrogen-bond acceptors (Lipinski definition) is 5. The van der Waals surface area contributed by atoms with E-state index in [1.165, 1.54) is 23.9 Å². The highest BCUT2D eigenvalue weighted by Crippen LogP contribution is 2.32. The van der Waals surface area contributed by atoms with Crippen molar-refractivity contribution in [2.45, 2.75) is 36.8 Å². The minimum absolute atomic E-state index is 0.0517. The lowest BCUT2D eigenvalue weighted by Crippen LogP contribution is -2.32. The number of carbonyl (C=O) groups excluding carboxylic acids is 2. The van der Waals surface area contributed by atoms with Gasteiger partial charge >= 0.3 is 6.18 Å². The minimum Gasteiger partial charge on any atom is -0.331 e. The molecule has 2 amide bonds. The normalized spacial score (nSPS) is 13.5. The van der Waals surface area contributed by atoms with E-state index in [1.807, 2.05) is 0 Å². The van der Waals surface area contributed by atoms with Crippen LogP contribution in [0.3, 0.4) is 0 Å². The second kappa shape index (κ2) is 9.88. The van der Waals surface area contributed by atoms with Crippen molar-refractivity contribution >= 4 is 29.3 Å². The molecule has 0 bridgehead atoms. The quantitative estimate of drug-likeness (QED) is 0.476. The van der Waals surface area contributed by atoms with Crippen LogP contribution in [0.2, 0.25) is 0 Å². The predicted octanol–water partition coefficient (Wildman–Crippen LogP) is 4.37. The number of rotatable bonds is 8. The predicted molar refractivity (Wildman–Crippen MR) is 121 cm³/mol. The molecule has 1 heterocycles. The van der Waals surface area contributed by atoms with Crippen LogP contribution < -0.4 is 5.32 Å². The molecule has 0 atom stereocenters. The molecule has 1 fully saturated rings. The second-order valence-corrected chi connectivity index (χ2v) is 8.94. The van der Waals surface area contributed by atoms with Gasteiger partial charge in [-0.05, 0) is 48.7 Å². The van der Waals surface area contributed by atoms with Crippen LogP contribution in [0.15, 0.2) is 60.0 Å². The molecular formula is C23H22F3N5O2S. The molecule has 0 saturated heterocycles. The fraction of sp³-hybridized carbons (Fsp3) is 0.304. The molecule has 178 valence electrons. The van der Waals surface area contributed by atoms with Crippen LogP contribution in [0.1, 0.15) is 34.3 Å². The topological polar surface area (TPSA) is 80.1 Å². The number of hydrogen-bond donors (Lipinski definition) is 1. The zero-order chi connectivity index (χ0) is 24.3. The van der Waals surface area contributed by atoms with Gasteiger partial charge in [0.15, 0.2) is 5.16 Å². The van der Waals surface area contributed by atoms with Gasteiger partial charge in [-0.2, -0.15) is 13.2 Å². The smallest absolute Gasteiger partial charge is 0.331 e. The number of alkyl halides is 3. The fourth-order valence-electron chi connectivity index (χ4n) is 3.38.